The zero-order valence-electron chi connectivity index (χ0n) is 20.2. The monoisotopic (exact) mass is 514 g/mol. The smallest absolute Gasteiger partial charge is 0.242 e. The molecule has 4 aromatic rings. The maximum atomic E-state index is 13.5. The molecule has 0 fully saturated rings. The molecule has 3 N–H and O–H groups in total. The minimum atomic E-state index is -4.05. The quantitative estimate of drug-likeness (QED) is 0.345. The molecule has 1 aliphatic rings. The Balaban J connectivity index is 1.45. The number of pyridine rings is 1. The van der Waals surface area contributed by atoms with Crippen LogP contribution in [0.5, 0.6) is 0 Å². The molecular formula is C28H26N4O4S. The second kappa shape index (κ2) is 10.1. The first kappa shape index (κ1) is 24.6. The second-order valence-electron chi connectivity index (χ2n) is 9.05. The Kier molecular flexibility index (Phi) is 6.73. The molecule has 0 spiro atoms. The van der Waals surface area contributed by atoms with Crippen molar-refractivity contribution in [3.8, 4) is 0 Å². The molecule has 0 unspecified atom stereocenters. The number of benzene rings is 3. The third kappa shape index (κ3) is 5.52. The predicted octanol–water partition coefficient (Wildman–Crippen LogP) is 3.96. The molecule has 2 heterocycles. The van der Waals surface area contributed by atoms with Gasteiger partial charge < -0.3 is 10.6 Å². The first-order valence-corrected chi connectivity index (χ1v) is 13.4. The van der Waals surface area contributed by atoms with Gasteiger partial charge in [-0.15, -0.1) is 0 Å². The summed E-state index contributed by atoms with van der Waals surface area (Å²) >= 11 is 0. The molecule has 1 atom stereocenters. The fourth-order valence-corrected chi connectivity index (χ4v) is 5.70. The van der Waals surface area contributed by atoms with Crippen LogP contribution in [0, 0.1) is 6.92 Å². The largest absolute Gasteiger partial charge is 0.326 e. The standard InChI is InChI=1S/C28H26N4O4S/c1-18-15-25(22-9-5-6-10-24(22)29-18)31-28(34)26(16-19-7-3-2-4-8-19)32-37(35,36)21-12-13-23-20(17-21)11-14-27(33)30-23/h2-10,12-13,15,17,26,32H,11,14,16H2,1H3,(H,30,33)(H,29,31,34)/t26-/m0/s1. The van der Waals surface area contributed by atoms with Crippen LogP contribution in [-0.4, -0.2) is 31.3 Å². The maximum Gasteiger partial charge on any atom is 0.242 e. The SMILES string of the molecule is Cc1cc(NC(=O)[C@H](Cc2ccccc2)NS(=O)(=O)c2ccc3c(c2)CCC(=O)N3)c2ccccc2n1. The molecule has 9 heteroatoms. The normalized spacial score (nSPS) is 14.0. The van der Waals surface area contributed by atoms with Gasteiger partial charge in [0.05, 0.1) is 16.1 Å². The molecule has 37 heavy (non-hydrogen) atoms. The third-order valence-electron chi connectivity index (χ3n) is 6.28. The van der Waals surface area contributed by atoms with Crippen molar-refractivity contribution in [2.24, 2.45) is 0 Å². The Bertz CT molecular complexity index is 1600. The number of aromatic nitrogens is 1. The van der Waals surface area contributed by atoms with Gasteiger partial charge in [-0.1, -0.05) is 48.5 Å². The minimum absolute atomic E-state index is 0.0402. The predicted molar refractivity (Wildman–Crippen MR) is 143 cm³/mol. The zero-order valence-corrected chi connectivity index (χ0v) is 21.0. The van der Waals surface area contributed by atoms with E-state index < -0.39 is 22.0 Å². The summed E-state index contributed by atoms with van der Waals surface area (Å²) in [5.41, 5.74) is 4.19. The summed E-state index contributed by atoms with van der Waals surface area (Å²) in [5.74, 6) is -0.576. The summed E-state index contributed by atoms with van der Waals surface area (Å²) in [4.78, 5) is 29.8. The van der Waals surface area contributed by atoms with Crippen LogP contribution in [0.1, 0.15) is 23.2 Å². The summed E-state index contributed by atoms with van der Waals surface area (Å²) in [5, 5.41) is 6.44. The lowest BCUT2D eigenvalue weighted by Crippen LogP contribution is -2.45. The number of hydrogen-bond acceptors (Lipinski definition) is 5. The van der Waals surface area contributed by atoms with Crippen molar-refractivity contribution in [1.29, 1.82) is 0 Å². The Morgan fingerprint density at radius 1 is 1.00 bits per heavy atom. The molecule has 0 saturated carbocycles. The number of nitrogens with zero attached hydrogens (tertiary/aromatic N) is 1. The molecule has 5 rings (SSSR count). The van der Waals surface area contributed by atoms with Crippen molar-refractivity contribution >= 4 is 44.1 Å². The first-order chi connectivity index (χ1) is 17.8. The van der Waals surface area contributed by atoms with E-state index in [2.05, 4.69) is 20.3 Å². The number of anilines is 2. The van der Waals surface area contributed by atoms with Crippen molar-refractivity contribution < 1.29 is 18.0 Å². The number of carbonyl (C=O) groups excluding carboxylic acids is 2. The van der Waals surface area contributed by atoms with E-state index in [1.54, 1.807) is 18.2 Å². The number of sulfonamides is 1. The number of aryl methyl sites for hydroxylation is 2. The zero-order chi connectivity index (χ0) is 26.0. The van der Waals surface area contributed by atoms with Gasteiger partial charge in [0.25, 0.3) is 0 Å². The highest BCUT2D eigenvalue weighted by molar-refractivity contribution is 7.89. The first-order valence-electron chi connectivity index (χ1n) is 11.9. The van der Waals surface area contributed by atoms with Crippen molar-refractivity contribution in [1.82, 2.24) is 9.71 Å². The lowest BCUT2D eigenvalue weighted by molar-refractivity contribution is -0.118. The van der Waals surface area contributed by atoms with Gasteiger partial charge in [0.2, 0.25) is 21.8 Å². The van der Waals surface area contributed by atoms with E-state index in [4.69, 9.17) is 0 Å². The molecule has 2 amide bonds. The molecule has 0 saturated heterocycles. The summed E-state index contributed by atoms with van der Waals surface area (Å²) < 4.78 is 29.4. The number of nitrogens with one attached hydrogen (secondary N) is 3. The highest BCUT2D eigenvalue weighted by Crippen LogP contribution is 2.26. The molecule has 0 aliphatic carbocycles. The second-order valence-corrected chi connectivity index (χ2v) is 10.8. The van der Waals surface area contributed by atoms with E-state index in [1.807, 2.05) is 61.5 Å². The van der Waals surface area contributed by atoms with Crippen molar-refractivity contribution in [2.45, 2.75) is 37.1 Å². The van der Waals surface area contributed by atoms with E-state index in [-0.39, 0.29) is 17.2 Å². The van der Waals surface area contributed by atoms with E-state index in [9.17, 15) is 18.0 Å². The van der Waals surface area contributed by atoms with E-state index >= 15 is 0 Å². The van der Waals surface area contributed by atoms with Gasteiger partial charge >= 0.3 is 0 Å². The van der Waals surface area contributed by atoms with Crippen LogP contribution in [0.3, 0.4) is 0 Å². The van der Waals surface area contributed by atoms with Gasteiger partial charge in [0, 0.05) is 23.2 Å². The Labute approximate surface area is 215 Å². The van der Waals surface area contributed by atoms with Crippen LogP contribution in [0.4, 0.5) is 11.4 Å². The number of rotatable bonds is 7. The van der Waals surface area contributed by atoms with Crippen LogP contribution >= 0.6 is 0 Å². The number of hydrogen-bond donors (Lipinski definition) is 3. The minimum Gasteiger partial charge on any atom is -0.326 e. The van der Waals surface area contributed by atoms with Crippen LogP contribution in [0.15, 0.2) is 83.8 Å². The lowest BCUT2D eigenvalue weighted by atomic mass is 10.0. The summed E-state index contributed by atoms with van der Waals surface area (Å²) in [6.45, 7) is 1.84. The number of para-hydroxylation sites is 1. The van der Waals surface area contributed by atoms with Gasteiger partial charge in [-0.05, 0) is 61.2 Å². The van der Waals surface area contributed by atoms with Crippen LogP contribution in [0.2, 0.25) is 0 Å². The summed E-state index contributed by atoms with van der Waals surface area (Å²) in [7, 11) is -4.05. The van der Waals surface area contributed by atoms with Gasteiger partial charge in [-0.2, -0.15) is 4.72 Å². The number of amides is 2. The maximum absolute atomic E-state index is 13.5. The van der Waals surface area contributed by atoms with Crippen LogP contribution in [-0.2, 0) is 32.5 Å². The van der Waals surface area contributed by atoms with Crippen molar-refractivity contribution in [2.75, 3.05) is 10.6 Å². The summed E-state index contributed by atoms with van der Waals surface area (Å²) in [6.07, 6.45) is 0.907. The summed E-state index contributed by atoms with van der Waals surface area (Å²) in [6, 6.07) is 22.0. The molecule has 0 radical (unpaired) electrons. The van der Waals surface area contributed by atoms with Crippen molar-refractivity contribution in [3.63, 3.8) is 0 Å². The molecule has 1 aromatic heterocycles. The van der Waals surface area contributed by atoms with Gasteiger partial charge in [0.1, 0.15) is 6.04 Å². The molecule has 3 aromatic carbocycles. The van der Waals surface area contributed by atoms with E-state index in [0.717, 1.165) is 27.7 Å². The highest BCUT2D eigenvalue weighted by Gasteiger charge is 2.28. The van der Waals surface area contributed by atoms with Crippen molar-refractivity contribution in [3.05, 3.63) is 95.7 Å². The molecular weight excluding hydrogens is 488 g/mol. The average Bonchev–Trinajstić information content (AvgIpc) is 2.88. The fraction of sp³-hybridized carbons (Fsp3) is 0.179. The van der Waals surface area contributed by atoms with Gasteiger partial charge in [-0.3, -0.25) is 14.6 Å². The van der Waals surface area contributed by atoms with Crippen LogP contribution < -0.4 is 15.4 Å². The van der Waals surface area contributed by atoms with E-state index in [0.29, 0.717) is 24.2 Å². The third-order valence-corrected chi connectivity index (χ3v) is 7.75. The molecule has 8 nitrogen and oxygen atoms in total. The van der Waals surface area contributed by atoms with E-state index in [1.165, 1.54) is 6.07 Å². The number of carbonyl (C=O) groups is 2. The van der Waals surface area contributed by atoms with Gasteiger partial charge in [-0.25, -0.2) is 8.42 Å². The Morgan fingerprint density at radius 2 is 1.76 bits per heavy atom. The topological polar surface area (TPSA) is 117 Å². The average molecular weight is 515 g/mol. The molecule has 0 bridgehead atoms. The molecule has 1 aliphatic heterocycles. The Hall–Kier alpha value is -4.08. The number of fused-ring (bicyclic) bond motifs is 2. The lowest BCUT2D eigenvalue weighted by Gasteiger charge is -2.21. The Morgan fingerprint density at radius 3 is 2.57 bits per heavy atom. The van der Waals surface area contributed by atoms with Crippen LogP contribution in [0.25, 0.3) is 10.9 Å². The fourth-order valence-electron chi connectivity index (χ4n) is 4.45. The molecule has 188 valence electrons. The highest BCUT2D eigenvalue weighted by atomic mass is 32.2. The van der Waals surface area contributed by atoms with Gasteiger partial charge in [0.15, 0.2) is 0 Å².